The first-order chi connectivity index (χ1) is 67.8. The molecule has 0 spiro atoms. The van der Waals surface area contributed by atoms with Gasteiger partial charge in [-0.2, -0.15) is 5.26 Å². The lowest BCUT2D eigenvalue weighted by atomic mass is 10.1. The zero-order valence-corrected chi connectivity index (χ0v) is 81.0. The summed E-state index contributed by atoms with van der Waals surface area (Å²) in [6.45, 7) is 15.5. The fourth-order valence-electron chi connectivity index (χ4n) is 16.1. The van der Waals surface area contributed by atoms with E-state index in [9.17, 15) is 66.0 Å². The van der Waals surface area contributed by atoms with Crippen molar-refractivity contribution in [1.82, 2.24) is 63.9 Å². The number of nitrogens with one attached hydrogen (secondary N) is 3. The zero-order valence-electron chi connectivity index (χ0n) is 76.1. The van der Waals surface area contributed by atoms with Crippen molar-refractivity contribution >= 4 is 154 Å². The summed E-state index contributed by atoms with van der Waals surface area (Å²) in [5.41, 5.74) is 14.1. The molecular formula is C94H104F4N23O14S6-. The monoisotopic (exact) mass is 2050 g/mol. The van der Waals surface area contributed by atoms with E-state index in [2.05, 4.69) is 90.7 Å². The molecule has 5 aliphatic rings. The number of thiazole rings is 1. The molecule has 19 rings (SSSR count). The number of carbonyl (C=O) groups is 3. The highest BCUT2D eigenvalue weighted by Crippen LogP contribution is 2.36. The average Bonchev–Trinajstić information content (AvgIpc) is 1.65. The van der Waals surface area contributed by atoms with Gasteiger partial charge in [0.15, 0.2) is 16.6 Å². The number of likely N-dealkylation sites (N-methyl/N-ethyl adjacent to an activating group) is 1. The Balaban J connectivity index is 0.000000178. The Kier molecular flexibility index (Phi) is 32.5. The van der Waals surface area contributed by atoms with E-state index in [-0.39, 0.29) is 78.1 Å². The van der Waals surface area contributed by atoms with E-state index >= 15 is 0 Å². The molecule has 47 heteroatoms. The number of amides is 3. The summed E-state index contributed by atoms with van der Waals surface area (Å²) >= 11 is 0.0863. The number of ether oxygens (including phenoxy) is 3. The normalized spacial score (nSPS) is 15.2. The summed E-state index contributed by atoms with van der Waals surface area (Å²) in [5.74, 6) is 1.56. The summed E-state index contributed by atoms with van der Waals surface area (Å²) in [5, 5.41) is 20.4. The van der Waals surface area contributed by atoms with Gasteiger partial charge in [0.1, 0.15) is 53.5 Å². The topological polar surface area (TPSA) is 437 Å². The number of halogens is 4. The molecule has 744 valence electrons. The van der Waals surface area contributed by atoms with E-state index in [1.165, 1.54) is 89.8 Å². The molecule has 141 heavy (non-hydrogen) atoms. The number of aromatic nitrogens is 9. The van der Waals surface area contributed by atoms with Crippen LogP contribution in [0.25, 0.3) is 21.8 Å². The number of rotatable bonds is 24. The van der Waals surface area contributed by atoms with Gasteiger partial charge in [0.05, 0.1) is 38.4 Å². The first-order valence-corrected chi connectivity index (χ1v) is 51.4. The van der Waals surface area contributed by atoms with Gasteiger partial charge in [-0.1, -0.05) is 29.5 Å². The van der Waals surface area contributed by atoms with Crippen LogP contribution in [0.5, 0.6) is 17.2 Å². The maximum atomic E-state index is 14.4. The Morgan fingerprint density at radius 1 is 0.574 bits per heavy atom. The molecule has 5 aliphatic heterocycles. The molecule has 37 nitrogen and oxygen atoms in total. The molecule has 0 aliphatic carbocycles. The van der Waals surface area contributed by atoms with Gasteiger partial charge in [-0.05, 0) is 212 Å². The first-order valence-electron chi connectivity index (χ1n) is 44.1. The van der Waals surface area contributed by atoms with Crippen molar-refractivity contribution in [3.8, 4) is 23.3 Å². The fraction of sp³-hybridized carbons (Fsp3) is 0.266. The highest BCUT2D eigenvalue weighted by atomic mass is 32.2. The third kappa shape index (κ3) is 26.3. The maximum absolute atomic E-state index is 14.4. The van der Waals surface area contributed by atoms with Crippen molar-refractivity contribution in [1.29, 1.82) is 5.26 Å². The molecule has 6 aromatic heterocycles. The van der Waals surface area contributed by atoms with Crippen molar-refractivity contribution < 1.29 is 85.9 Å². The van der Waals surface area contributed by atoms with Gasteiger partial charge in [0, 0.05) is 210 Å². The molecule has 5 N–H and O–H groups in total. The van der Waals surface area contributed by atoms with E-state index in [1.807, 2.05) is 77.2 Å². The quantitative estimate of drug-likeness (QED) is 0.0322. The fourth-order valence-corrected chi connectivity index (χ4v) is 21.0. The van der Waals surface area contributed by atoms with E-state index < -0.39 is 53.6 Å². The molecule has 4 fully saturated rings. The average molecular weight is 2050 g/mol. The van der Waals surface area contributed by atoms with E-state index in [1.54, 1.807) is 148 Å². The Morgan fingerprint density at radius 2 is 1.09 bits per heavy atom. The van der Waals surface area contributed by atoms with Crippen LogP contribution in [0.3, 0.4) is 0 Å². The van der Waals surface area contributed by atoms with Crippen LogP contribution >= 0.6 is 22.7 Å². The Bertz CT molecular complexity index is 7060. The molecule has 14 aromatic rings. The number of nitrogens with zero attached hydrogens (tertiary/aromatic N) is 19. The number of nitrogen functional groups attached to an aromatic ring is 1. The van der Waals surface area contributed by atoms with Crippen molar-refractivity contribution in [2.75, 3.05) is 170 Å². The van der Waals surface area contributed by atoms with E-state index in [4.69, 9.17) is 20.5 Å². The number of hydrogen-bond donors (Lipinski definition) is 4. The third-order valence-corrected chi connectivity index (χ3v) is 29.9. The molecule has 0 radical (unpaired) electrons. The smallest absolute Gasteiger partial charge is 0.573 e. The van der Waals surface area contributed by atoms with Crippen LogP contribution in [0.4, 0.5) is 67.9 Å². The molecule has 2 unspecified atom stereocenters. The van der Waals surface area contributed by atoms with Gasteiger partial charge >= 0.3 is 6.36 Å². The van der Waals surface area contributed by atoms with Gasteiger partial charge in [0.2, 0.25) is 29.6 Å². The minimum Gasteiger partial charge on any atom is -0.768 e. The lowest BCUT2D eigenvalue weighted by molar-refractivity contribution is -0.274. The van der Waals surface area contributed by atoms with Gasteiger partial charge in [-0.25, -0.2) is 54.6 Å². The molecule has 4 saturated heterocycles. The standard InChI is InChI=1S/C26H25N7O3S.C23H23FN6O3S2.C21H22N4O4S2.C20H22F3N3O4S.C4H5N3.4H2/c1-19(33-11-9-21-16-20(17-27)2-7-24(21)33)26(34)32-14-12-31(13-15-32)22-3-5-23(6-4-22)37(35,36)30-25-8-10-28-18-29-25;1-16(30-10-9-17-3-2-4-20(24)21(17)30)22(31)29-13-11-28(12-14-29)18-5-7-19(8-6-18)35(32,33)27-23-26-25-15-34-23;26-31(27,23-21-22-7-12-30-21)18-4-2-17(3-5-18)25-10-8-24(9-11-25)14-16-1-6-19-20(13-16)29-15-28-19;1-24(15-2-6-17(7-3-15)30-20(21,22)23)14-19(27)26-12-10-25(11-13-26)16-4-8-18(9-5-16)31(28)29;5-4-1-2-6-3-7-4;;;;/h2-11,16,18-19H,12-15H2,1H3,(H,28,29,30);2-10,15-16H,11-14H2,1H3,(H,26,27);1-7,12-13H,8-11,14-15H2,(H,22,23);2-9H,10-14H2,1H3,(H,28,29);1-3H,(H2,5,6,7);4*1H/p-1/t;16-;;;;;;;/m.1......./s1. The second kappa shape index (κ2) is 45.5. The molecular weight excluding hydrogens is 1940 g/mol. The number of benzene rings is 8. The lowest BCUT2D eigenvalue weighted by Crippen LogP contribution is -2.51. The summed E-state index contributed by atoms with van der Waals surface area (Å²) < 4.78 is 174. The lowest BCUT2D eigenvalue weighted by Gasteiger charge is -2.37. The predicted octanol–water partition coefficient (Wildman–Crippen LogP) is 13.0. The largest absolute Gasteiger partial charge is 0.768 e. The first kappa shape index (κ1) is 101. The highest BCUT2D eigenvalue weighted by molar-refractivity contribution is 7.93. The molecule has 8 aromatic carbocycles. The number of piperazine rings is 4. The Hall–Kier alpha value is -14.7. The molecule has 3 atom stereocenters. The van der Waals surface area contributed by atoms with Crippen LogP contribution in [0.2, 0.25) is 0 Å². The Morgan fingerprint density at radius 3 is 1.60 bits per heavy atom. The van der Waals surface area contributed by atoms with Crippen molar-refractivity contribution in [3.63, 3.8) is 0 Å². The van der Waals surface area contributed by atoms with Crippen molar-refractivity contribution in [2.24, 2.45) is 0 Å². The Labute approximate surface area is 826 Å². The number of nitrogens with two attached hydrogens (primary N) is 1. The molecule has 0 saturated carbocycles. The molecule has 0 bridgehead atoms. The van der Waals surface area contributed by atoms with Crippen LogP contribution in [0.1, 0.15) is 42.8 Å². The number of nitriles is 1. The molecule has 11 heterocycles. The number of sulfonamides is 3. The van der Waals surface area contributed by atoms with Crippen LogP contribution in [-0.2, 0) is 62.1 Å². The van der Waals surface area contributed by atoms with E-state index in [0.29, 0.717) is 113 Å². The highest BCUT2D eigenvalue weighted by Gasteiger charge is 2.34. The second-order valence-electron chi connectivity index (χ2n) is 32.5. The SMILES string of the molecule is CC(C(=O)N1CCN(c2ccc(S(=O)(=O)Nc3ccncn3)cc2)CC1)n1ccc2cc(C#N)ccc21.CN(CC(=O)N1CCN(c2ccc(S(=O)[O-])cc2)CC1)c1ccc(OC(F)(F)F)cc1.C[C@H](C(=O)N1CCN(c2ccc(S(=O)(=O)Nc3nncs3)cc2)CC1)n1ccc2cccc(F)c21.Nc1ccncn1.O=S(=O)(Nc1nccs1)c1ccc(N2CCN(Cc3ccc4c(c3)OCO4)CC2)cc1.[HH].[HH].[HH].[HH]. The second-order valence-corrected chi connectivity index (χ2v) is 40.3. The minimum absolute atomic E-state index is 0. The summed E-state index contributed by atoms with van der Waals surface area (Å²) in [7, 11) is -9.44. The number of hydrogen-bond acceptors (Lipinski definition) is 31. The number of alkyl halides is 3. The van der Waals surface area contributed by atoms with Crippen LogP contribution in [0.15, 0.2) is 274 Å². The zero-order chi connectivity index (χ0) is 99.5. The minimum atomic E-state index is -4.75. The van der Waals surface area contributed by atoms with Crippen molar-refractivity contribution in [2.45, 2.75) is 58.4 Å². The number of fused-ring (bicyclic) bond motifs is 3. The predicted molar refractivity (Wildman–Crippen MR) is 535 cm³/mol. The van der Waals surface area contributed by atoms with Crippen LogP contribution < -0.4 is 58.6 Å². The number of anilines is 9. The van der Waals surface area contributed by atoms with Gasteiger partial charge in [-0.3, -0.25) is 37.7 Å². The van der Waals surface area contributed by atoms with Crippen molar-refractivity contribution in [3.05, 3.63) is 272 Å². The van der Waals surface area contributed by atoms with Gasteiger partial charge < -0.3 is 72.8 Å². The molecule has 3 amide bonds. The van der Waals surface area contributed by atoms with E-state index in [0.717, 1.165) is 94.6 Å². The van der Waals surface area contributed by atoms with Crippen LogP contribution in [0, 0.1) is 17.1 Å². The third-order valence-electron chi connectivity index (χ3n) is 23.6. The number of carbonyl (C=O) groups excluding carboxylic acids is 3. The maximum Gasteiger partial charge on any atom is 0.573 e. The number of para-hydroxylation sites is 1. The van der Waals surface area contributed by atoms with Gasteiger partial charge in [0.25, 0.3) is 30.1 Å². The van der Waals surface area contributed by atoms with Gasteiger partial charge in [-0.15, -0.1) is 34.7 Å². The van der Waals surface area contributed by atoms with Crippen LogP contribution in [-0.4, -0.2) is 247 Å². The summed E-state index contributed by atoms with van der Waals surface area (Å²) in [6, 6.07) is 56.7. The summed E-state index contributed by atoms with van der Waals surface area (Å²) in [6.07, 6.45) is 6.21. The summed E-state index contributed by atoms with van der Waals surface area (Å²) in [4.78, 5) is 76.8.